The molecule has 2 aromatic carbocycles. The summed E-state index contributed by atoms with van der Waals surface area (Å²) in [5.74, 6) is 0.713. The molecule has 44 heavy (non-hydrogen) atoms. The number of aromatic nitrogens is 2. The Hall–Kier alpha value is -3.44. The highest BCUT2D eigenvalue weighted by Gasteiger charge is 2.27. The molecule has 3 aliphatic heterocycles. The average Bonchev–Trinajstić information content (AvgIpc) is 3.64. The van der Waals surface area contributed by atoms with Crippen LogP contribution in [0.2, 0.25) is 5.02 Å². The number of carbonyl (C=O) groups is 1. The Morgan fingerprint density at radius 2 is 2.09 bits per heavy atom. The third kappa shape index (κ3) is 6.94. The maximum atomic E-state index is 12.5. The summed E-state index contributed by atoms with van der Waals surface area (Å²) < 4.78 is 11.9. The standard InChI is InChI=1S/C33H42ClN7O3/c1-22-36-19-25(44-22)12-13-30(42)35-15-18-40(3)32-26-14-17-41(29-11-5-8-23-7-4-10-27(34)31(23)29)20-28(26)37-33(38-32)43-21-24-9-6-16-39(24)2/h4-5,7-8,10-13,22,24-25,36H,6,9,14-21H2,1-3H3,(H,35,42)/b13-12+/t22?,24-,25?/m0/s1. The molecule has 3 aromatic rings. The molecule has 10 nitrogen and oxygen atoms in total. The van der Waals surface area contributed by atoms with Crippen LogP contribution in [-0.2, 0) is 22.5 Å². The van der Waals surface area contributed by atoms with Crippen LogP contribution in [0.3, 0.4) is 0 Å². The van der Waals surface area contributed by atoms with Crippen molar-refractivity contribution in [2.24, 2.45) is 0 Å². The smallest absolute Gasteiger partial charge is 0.318 e. The molecule has 234 valence electrons. The Balaban J connectivity index is 1.19. The van der Waals surface area contributed by atoms with Crippen molar-refractivity contribution < 1.29 is 14.3 Å². The normalized spacial score (nSPS) is 22.1. The molecular formula is C33H42ClN7O3. The van der Waals surface area contributed by atoms with Crippen LogP contribution in [0.1, 0.15) is 31.0 Å². The van der Waals surface area contributed by atoms with E-state index in [0.29, 0.717) is 44.8 Å². The van der Waals surface area contributed by atoms with Gasteiger partial charge in [0.25, 0.3) is 0 Å². The number of likely N-dealkylation sites (N-methyl/N-ethyl adjacent to an activating group) is 2. The summed E-state index contributed by atoms with van der Waals surface area (Å²) in [5, 5.41) is 9.11. The zero-order valence-electron chi connectivity index (χ0n) is 25.8. The number of ether oxygens (including phenoxy) is 2. The van der Waals surface area contributed by atoms with Crippen molar-refractivity contribution in [2.45, 2.75) is 51.1 Å². The summed E-state index contributed by atoms with van der Waals surface area (Å²) in [7, 11) is 4.15. The third-order valence-electron chi connectivity index (χ3n) is 8.83. The van der Waals surface area contributed by atoms with E-state index in [1.807, 2.05) is 26.1 Å². The first-order valence-electron chi connectivity index (χ1n) is 15.6. The van der Waals surface area contributed by atoms with E-state index >= 15 is 0 Å². The van der Waals surface area contributed by atoms with Crippen molar-refractivity contribution in [1.82, 2.24) is 25.5 Å². The number of benzene rings is 2. The van der Waals surface area contributed by atoms with Gasteiger partial charge in [0.15, 0.2) is 0 Å². The first-order chi connectivity index (χ1) is 21.4. The number of hydrogen-bond donors (Lipinski definition) is 2. The average molecular weight is 620 g/mol. The van der Waals surface area contributed by atoms with E-state index in [-0.39, 0.29) is 18.2 Å². The van der Waals surface area contributed by atoms with Gasteiger partial charge in [-0.3, -0.25) is 10.1 Å². The van der Waals surface area contributed by atoms with E-state index in [9.17, 15) is 4.79 Å². The van der Waals surface area contributed by atoms with Gasteiger partial charge in [0, 0.05) is 62.0 Å². The van der Waals surface area contributed by atoms with Crippen molar-refractivity contribution in [3.8, 4) is 6.01 Å². The molecule has 2 N–H and O–H groups in total. The van der Waals surface area contributed by atoms with Crippen LogP contribution >= 0.6 is 11.6 Å². The molecule has 6 rings (SSSR count). The second-order valence-electron chi connectivity index (χ2n) is 11.9. The van der Waals surface area contributed by atoms with Crippen LogP contribution in [-0.4, -0.2) is 92.6 Å². The van der Waals surface area contributed by atoms with Crippen molar-refractivity contribution in [3.63, 3.8) is 0 Å². The van der Waals surface area contributed by atoms with Gasteiger partial charge in [0.05, 0.1) is 23.4 Å². The summed E-state index contributed by atoms with van der Waals surface area (Å²) >= 11 is 6.69. The number of hydrogen-bond acceptors (Lipinski definition) is 9. The van der Waals surface area contributed by atoms with Gasteiger partial charge in [0.1, 0.15) is 18.7 Å². The molecule has 0 bridgehead atoms. The SMILES string of the molecule is CC1NCC(/C=C/C(=O)NCCN(C)c2nc(OC[C@@H]3CCCN3C)nc3c2CCN(c2cccc4cccc(Cl)c24)C3)O1. The molecule has 0 aliphatic carbocycles. The predicted molar refractivity (Wildman–Crippen MR) is 175 cm³/mol. The number of halogens is 1. The predicted octanol–water partition coefficient (Wildman–Crippen LogP) is 3.76. The Morgan fingerprint density at radius 1 is 1.25 bits per heavy atom. The zero-order chi connectivity index (χ0) is 30.6. The second kappa shape index (κ2) is 13.7. The first kappa shape index (κ1) is 30.6. The van der Waals surface area contributed by atoms with Gasteiger partial charge in [0.2, 0.25) is 5.91 Å². The van der Waals surface area contributed by atoms with Crippen molar-refractivity contribution in [1.29, 1.82) is 0 Å². The Bertz CT molecular complexity index is 1510. The first-order valence-corrected chi connectivity index (χ1v) is 15.9. The Kier molecular flexibility index (Phi) is 9.51. The molecule has 4 heterocycles. The van der Waals surface area contributed by atoms with Crippen LogP contribution in [0.5, 0.6) is 6.01 Å². The van der Waals surface area contributed by atoms with E-state index in [1.54, 1.807) is 12.2 Å². The lowest BCUT2D eigenvalue weighted by molar-refractivity contribution is -0.116. The van der Waals surface area contributed by atoms with Crippen LogP contribution in [0, 0.1) is 0 Å². The van der Waals surface area contributed by atoms with E-state index < -0.39 is 0 Å². The molecule has 1 amide bonds. The Labute approximate surface area is 264 Å². The molecular weight excluding hydrogens is 578 g/mol. The number of amides is 1. The molecule has 3 aliphatic rings. The van der Waals surface area contributed by atoms with Crippen LogP contribution in [0.15, 0.2) is 48.6 Å². The summed E-state index contributed by atoms with van der Waals surface area (Å²) in [6, 6.07) is 13.1. The van der Waals surface area contributed by atoms with Crippen LogP contribution < -0.4 is 25.2 Å². The highest BCUT2D eigenvalue weighted by atomic mass is 35.5. The minimum Gasteiger partial charge on any atom is -0.462 e. The number of anilines is 2. The number of carbonyl (C=O) groups excluding carboxylic acids is 1. The number of rotatable bonds is 10. The molecule has 11 heteroatoms. The minimum absolute atomic E-state index is 0.00464. The summed E-state index contributed by atoms with van der Waals surface area (Å²) in [6.45, 7) is 6.81. The highest BCUT2D eigenvalue weighted by molar-refractivity contribution is 6.36. The van der Waals surface area contributed by atoms with Crippen molar-refractivity contribution in [2.75, 3.05) is 63.2 Å². The molecule has 2 fully saturated rings. The molecule has 3 atom stereocenters. The van der Waals surface area contributed by atoms with Gasteiger partial charge in [-0.25, -0.2) is 0 Å². The molecule has 2 unspecified atom stereocenters. The number of nitrogens with zero attached hydrogens (tertiary/aromatic N) is 5. The third-order valence-corrected chi connectivity index (χ3v) is 9.14. The van der Waals surface area contributed by atoms with Gasteiger partial charge in [-0.2, -0.15) is 9.97 Å². The monoisotopic (exact) mass is 619 g/mol. The maximum Gasteiger partial charge on any atom is 0.318 e. The van der Waals surface area contributed by atoms with Crippen molar-refractivity contribution in [3.05, 3.63) is 64.8 Å². The fourth-order valence-corrected chi connectivity index (χ4v) is 6.61. The van der Waals surface area contributed by atoms with E-state index in [0.717, 1.165) is 64.5 Å². The van der Waals surface area contributed by atoms with Gasteiger partial charge >= 0.3 is 6.01 Å². The second-order valence-corrected chi connectivity index (χ2v) is 12.3. The summed E-state index contributed by atoms with van der Waals surface area (Å²) in [4.78, 5) is 29.1. The zero-order valence-corrected chi connectivity index (χ0v) is 26.5. The van der Waals surface area contributed by atoms with Gasteiger partial charge in [-0.05, 0) is 63.4 Å². The topological polar surface area (TPSA) is 95.1 Å². The maximum absolute atomic E-state index is 12.5. The van der Waals surface area contributed by atoms with Crippen LogP contribution in [0.25, 0.3) is 10.8 Å². The summed E-state index contributed by atoms with van der Waals surface area (Å²) in [6.07, 6.45) is 6.35. The molecule has 0 spiro atoms. The fourth-order valence-electron chi connectivity index (χ4n) is 6.34. The van der Waals surface area contributed by atoms with E-state index in [4.69, 9.17) is 31.0 Å². The molecule has 2 saturated heterocycles. The quantitative estimate of drug-likeness (QED) is 0.329. The van der Waals surface area contributed by atoms with Crippen molar-refractivity contribution >= 4 is 39.8 Å². The summed E-state index contributed by atoms with van der Waals surface area (Å²) in [5.41, 5.74) is 3.18. The lowest BCUT2D eigenvalue weighted by atomic mass is 10.0. The van der Waals surface area contributed by atoms with E-state index in [2.05, 4.69) is 56.6 Å². The fraction of sp³-hybridized carbons (Fsp3) is 0.485. The molecule has 0 radical (unpaired) electrons. The lowest BCUT2D eigenvalue weighted by Gasteiger charge is -2.33. The van der Waals surface area contributed by atoms with Gasteiger partial charge in [-0.1, -0.05) is 35.9 Å². The van der Waals surface area contributed by atoms with Gasteiger partial charge < -0.3 is 29.5 Å². The molecule has 0 saturated carbocycles. The number of nitrogens with one attached hydrogen (secondary N) is 2. The molecule has 1 aromatic heterocycles. The highest BCUT2D eigenvalue weighted by Crippen LogP contribution is 2.36. The Morgan fingerprint density at radius 3 is 2.86 bits per heavy atom. The van der Waals surface area contributed by atoms with Crippen LogP contribution in [0.4, 0.5) is 11.5 Å². The number of fused-ring (bicyclic) bond motifs is 2. The number of likely N-dealkylation sites (tertiary alicyclic amines) is 1. The largest absolute Gasteiger partial charge is 0.462 e. The minimum atomic E-state index is -0.139. The van der Waals surface area contributed by atoms with Gasteiger partial charge in [-0.15, -0.1) is 0 Å². The lowest BCUT2D eigenvalue weighted by Crippen LogP contribution is -2.36. The van der Waals surface area contributed by atoms with E-state index in [1.165, 1.54) is 6.42 Å².